The molecule has 0 spiro atoms. The monoisotopic (exact) mass is 246 g/mol. The van der Waals surface area contributed by atoms with E-state index in [9.17, 15) is 0 Å². The molecule has 2 rings (SSSR count). The van der Waals surface area contributed by atoms with Crippen LogP contribution in [0.4, 0.5) is 0 Å². The van der Waals surface area contributed by atoms with Gasteiger partial charge in [-0.25, -0.2) is 0 Å². The third-order valence-corrected chi connectivity index (χ3v) is 4.52. The summed E-state index contributed by atoms with van der Waals surface area (Å²) in [6.45, 7) is 6.80. The molecule has 0 aliphatic heterocycles. The lowest BCUT2D eigenvalue weighted by Crippen LogP contribution is -2.43. The van der Waals surface area contributed by atoms with Crippen molar-refractivity contribution in [1.82, 2.24) is 5.43 Å². The first-order valence-electron chi connectivity index (χ1n) is 7.18. The maximum atomic E-state index is 5.72. The van der Waals surface area contributed by atoms with Crippen LogP contribution in [0.2, 0.25) is 0 Å². The highest BCUT2D eigenvalue weighted by molar-refractivity contribution is 5.35. The summed E-state index contributed by atoms with van der Waals surface area (Å²) >= 11 is 0. The Morgan fingerprint density at radius 1 is 1.17 bits per heavy atom. The smallest absolute Gasteiger partial charge is 0.0278 e. The molecule has 1 aromatic carbocycles. The molecule has 18 heavy (non-hydrogen) atoms. The van der Waals surface area contributed by atoms with Crippen LogP contribution in [-0.2, 0) is 19.3 Å². The van der Waals surface area contributed by atoms with Gasteiger partial charge in [0, 0.05) is 6.04 Å². The quantitative estimate of drug-likeness (QED) is 0.619. The van der Waals surface area contributed by atoms with E-state index < -0.39 is 0 Å². The fraction of sp³-hybridized carbons (Fsp3) is 0.625. The van der Waals surface area contributed by atoms with Gasteiger partial charge in [0.25, 0.3) is 0 Å². The molecule has 0 saturated heterocycles. The Morgan fingerprint density at radius 3 is 2.56 bits per heavy atom. The molecule has 0 fully saturated rings. The second-order valence-electron chi connectivity index (χ2n) is 6.04. The zero-order valence-corrected chi connectivity index (χ0v) is 11.9. The molecule has 0 saturated carbocycles. The van der Waals surface area contributed by atoms with Crippen molar-refractivity contribution in [3.05, 3.63) is 34.9 Å². The Bertz CT molecular complexity index is 398. The Hall–Kier alpha value is -0.860. The highest BCUT2D eigenvalue weighted by Crippen LogP contribution is 2.24. The van der Waals surface area contributed by atoms with Crippen molar-refractivity contribution in [1.29, 1.82) is 0 Å². The molecule has 0 aromatic heterocycles. The van der Waals surface area contributed by atoms with Gasteiger partial charge in [0.15, 0.2) is 0 Å². The predicted molar refractivity (Wildman–Crippen MR) is 77.3 cm³/mol. The van der Waals surface area contributed by atoms with Crippen molar-refractivity contribution in [2.75, 3.05) is 0 Å². The van der Waals surface area contributed by atoms with E-state index in [4.69, 9.17) is 5.84 Å². The molecule has 0 amide bonds. The first-order valence-corrected chi connectivity index (χ1v) is 7.18. The van der Waals surface area contributed by atoms with Crippen LogP contribution >= 0.6 is 0 Å². The number of rotatable bonds is 5. The summed E-state index contributed by atoms with van der Waals surface area (Å²) < 4.78 is 0. The summed E-state index contributed by atoms with van der Waals surface area (Å²) in [5, 5.41) is 0. The van der Waals surface area contributed by atoms with Crippen molar-refractivity contribution in [2.24, 2.45) is 17.7 Å². The molecule has 1 aliphatic carbocycles. The van der Waals surface area contributed by atoms with E-state index in [1.807, 2.05) is 0 Å². The van der Waals surface area contributed by atoms with E-state index in [-0.39, 0.29) is 0 Å². The fourth-order valence-corrected chi connectivity index (χ4v) is 2.87. The van der Waals surface area contributed by atoms with Gasteiger partial charge < -0.3 is 0 Å². The number of aryl methyl sites for hydroxylation is 2. The average Bonchev–Trinajstić information content (AvgIpc) is 2.82. The lowest BCUT2D eigenvalue weighted by Gasteiger charge is -2.26. The Balaban J connectivity index is 2.08. The highest BCUT2D eigenvalue weighted by atomic mass is 15.2. The van der Waals surface area contributed by atoms with Crippen LogP contribution in [0, 0.1) is 11.8 Å². The number of fused-ring (bicyclic) bond motifs is 1. The molecule has 2 heteroatoms. The van der Waals surface area contributed by atoms with Gasteiger partial charge in [0.05, 0.1) is 0 Å². The molecule has 2 atom stereocenters. The van der Waals surface area contributed by atoms with Gasteiger partial charge in [-0.1, -0.05) is 39.0 Å². The van der Waals surface area contributed by atoms with Gasteiger partial charge in [-0.3, -0.25) is 11.3 Å². The summed E-state index contributed by atoms with van der Waals surface area (Å²) in [6.07, 6.45) is 4.86. The summed E-state index contributed by atoms with van der Waals surface area (Å²) in [5.74, 6) is 6.96. The number of hydrazine groups is 1. The minimum Gasteiger partial charge on any atom is -0.271 e. The largest absolute Gasteiger partial charge is 0.271 e. The van der Waals surface area contributed by atoms with E-state index in [2.05, 4.69) is 44.4 Å². The van der Waals surface area contributed by atoms with Crippen molar-refractivity contribution >= 4 is 0 Å². The molecule has 3 N–H and O–H groups in total. The van der Waals surface area contributed by atoms with Gasteiger partial charge in [0.1, 0.15) is 0 Å². The molecule has 2 nitrogen and oxygen atoms in total. The third kappa shape index (κ3) is 2.93. The van der Waals surface area contributed by atoms with Crippen molar-refractivity contribution in [3.8, 4) is 0 Å². The number of hydrogen-bond donors (Lipinski definition) is 2. The topological polar surface area (TPSA) is 38.0 Å². The van der Waals surface area contributed by atoms with Gasteiger partial charge in [-0.2, -0.15) is 0 Å². The summed E-state index contributed by atoms with van der Waals surface area (Å²) in [7, 11) is 0. The van der Waals surface area contributed by atoms with Crippen LogP contribution in [0.15, 0.2) is 18.2 Å². The van der Waals surface area contributed by atoms with Crippen molar-refractivity contribution in [3.63, 3.8) is 0 Å². The van der Waals surface area contributed by atoms with Crippen LogP contribution < -0.4 is 11.3 Å². The van der Waals surface area contributed by atoms with Crippen LogP contribution in [0.1, 0.15) is 43.9 Å². The van der Waals surface area contributed by atoms with Gasteiger partial charge in [-0.05, 0) is 54.2 Å². The van der Waals surface area contributed by atoms with E-state index in [0.29, 0.717) is 17.9 Å². The van der Waals surface area contributed by atoms with Gasteiger partial charge in [0.2, 0.25) is 0 Å². The second-order valence-corrected chi connectivity index (χ2v) is 6.04. The Morgan fingerprint density at radius 2 is 1.89 bits per heavy atom. The zero-order chi connectivity index (χ0) is 13.1. The molecule has 100 valence electrons. The lowest BCUT2D eigenvalue weighted by atomic mass is 9.86. The highest BCUT2D eigenvalue weighted by Gasteiger charge is 2.20. The fourth-order valence-electron chi connectivity index (χ4n) is 2.87. The van der Waals surface area contributed by atoms with E-state index >= 15 is 0 Å². The molecule has 1 aromatic rings. The van der Waals surface area contributed by atoms with Crippen LogP contribution in [0.5, 0.6) is 0 Å². The number of nitrogens with two attached hydrogens (primary N) is 1. The summed E-state index contributed by atoms with van der Waals surface area (Å²) in [6, 6.07) is 7.34. The molecule has 2 unspecified atom stereocenters. The maximum absolute atomic E-state index is 5.72. The standard InChI is InChI=1S/C16H26N2/c1-11(2)12(3)16(18-17)10-13-7-8-14-5-4-6-15(14)9-13/h7-9,11-12,16,18H,4-6,10,17H2,1-3H3. The Labute approximate surface area is 111 Å². The number of nitrogens with one attached hydrogen (secondary N) is 1. The second kappa shape index (κ2) is 5.85. The minimum atomic E-state index is 0.365. The molecule has 0 heterocycles. The first-order chi connectivity index (χ1) is 8.61. The third-order valence-electron chi connectivity index (χ3n) is 4.52. The molecule has 0 radical (unpaired) electrons. The van der Waals surface area contributed by atoms with Gasteiger partial charge in [-0.15, -0.1) is 0 Å². The summed E-state index contributed by atoms with van der Waals surface area (Å²) in [4.78, 5) is 0. The SMILES string of the molecule is CC(C)C(C)C(Cc1ccc2c(c1)CCC2)NN. The van der Waals surface area contributed by atoms with Crippen molar-refractivity contribution in [2.45, 2.75) is 52.5 Å². The molecular weight excluding hydrogens is 220 g/mol. The minimum absolute atomic E-state index is 0.365. The number of hydrogen-bond acceptors (Lipinski definition) is 2. The van der Waals surface area contributed by atoms with Crippen LogP contribution in [-0.4, -0.2) is 6.04 Å². The van der Waals surface area contributed by atoms with Gasteiger partial charge >= 0.3 is 0 Å². The van der Waals surface area contributed by atoms with Crippen molar-refractivity contribution < 1.29 is 0 Å². The number of benzene rings is 1. The maximum Gasteiger partial charge on any atom is 0.0278 e. The van der Waals surface area contributed by atoms with Crippen LogP contribution in [0.3, 0.4) is 0 Å². The Kier molecular flexibility index (Phi) is 4.41. The molecular formula is C16H26N2. The average molecular weight is 246 g/mol. The van der Waals surface area contributed by atoms with E-state index in [0.717, 1.165) is 6.42 Å². The first kappa shape index (κ1) is 13.6. The van der Waals surface area contributed by atoms with E-state index in [1.54, 1.807) is 11.1 Å². The zero-order valence-electron chi connectivity index (χ0n) is 11.9. The normalized spacial score (nSPS) is 17.8. The molecule has 0 bridgehead atoms. The van der Waals surface area contributed by atoms with Crippen LogP contribution in [0.25, 0.3) is 0 Å². The van der Waals surface area contributed by atoms with E-state index in [1.165, 1.54) is 24.8 Å². The summed E-state index contributed by atoms with van der Waals surface area (Å²) in [5.41, 5.74) is 7.53. The molecule has 1 aliphatic rings. The lowest BCUT2D eigenvalue weighted by molar-refractivity contribution is 0.299. The predicted octanol–water partition coefficient (Wildman–Crippen LogP) is 2.84.